The summed E-state index contributed by atoms with van der Waals surface area (Å²) in [5, 5.41) is 10.3. The van der Waals surface area contributed by atoms with Crippen LogP contribution in [0.2, 0.25) is 0 Å². The van der Waals surface area contributed by atoms with E-state index in [1.54, 1.807) is 0 Å². The molecular formula is C15H15NO3. The summed E-state index contributed by atoms with van der Waals surface area (Å²) in [7, 11) is 0. The van der Waals surface area contributed by atoms with Crippen LogP contribution in [0.4, 0.5) is 0 Å². The minimum atomic E-state index is -0.806. The van der Waals surface area contributed by atoms with Crippen LogP contribution in [-0.2, 0) is 9.53 Å². The van der Waals surface area contributed by atoms with Gasteiger partial charge in [-0.05, 0) is 25.0 Å². The number of ether oxygens (including phenoxy) is 1. The van der Waals surface area contributed by atoms with Crippen molar-refractivity contribution >= 4 is 16.9 Å². The maximum Gasteiger partial charge on any atom is 0.309 e. The summed E-state index contributed by atoms with van der Waals surface area (Å²) >= 11 is 0. The molecule has 1 saturated heterocycles. The highest BCUT2D eigenvalue weighted by atomic mass is 16.5. The zero-order chi connectivity index (χ0) is 13.2. The standard InChI is InChI=1S/C15H15NO3/c17-15(18)11-5-3-9-19-14(11)13-8-7-10-4-1-2-6-12(10)16-13/h1-2,4,6-8,11,14H,3,5,9H2,(H,17,18). The van der Waals surface area contributed by atoms with Crippen molar-refractivity contribution in [2.75, 3.05) is 6.61 Å². The number of aliphatic carboxylic acids is 1. The molecule has 98 valence electrons. The fraction of sp³-hybridized carbons (Fsp3) is 0.333. The summed E-state index contributed by atoms with van der Waals surface area (Å²) in [6.07, 6.45) is 1.01. The molecule has 4 heteroatoms. The van der Waals surface area contributed by atoms with Crippen LogP contribution < -0.4 is 0 Å². The highest BCUT2D eigenvalue weighted by Gasteiger charge is 2.33. The molecule has 0 saturated carbocycles. The maximum atomic E-state index is 11.3. The van der Waals surface area contributed by atoms with Crippen molar-refractivity contribution in [1.82, 2.24) is 4.98 Å². The monoisotopic (exact) mass is 257 g/mol. The normalized spacial score (nSPS) is 23.4. The number of aromatic nitrogens is 1. The first-order valence-electron chi connectivity index (χ1n) is 6.46. The third kappa shape index (κ3) is 2.31. The summed E-state index contributed by atoms with van der Waals surface area (Å²) in [5.74, 6) is -1.30. The average molecular weight is 257 g/mol. The number of nitrogens with zero attached hydrogens (tertiary/aromatic N) is 1. The van der Waals surface area contributed by atoms with Crippen LogP contribution in [0.25, 0.3) is 10.9 Å². The van der Waals surface area contributed by atoms with Crippen molar-refractivity contribution < 1.29 is 14.6 Å². The summed E-state index contributed by atoms with van der Waals surface area (Å²) in [4.78, 5) is 15.8. The first kappa shape index (κ1) is 12.1. The lowest BCUT2D eigenvalue weighted by atomic mass is 9.92. The van der Waals surface area contributed by atoms with E-state index in [-0.39, 0.29) is 0 Å². The molecule has 1 aromatic heterocycles. The molecule has 2 unspecified atom stereocenters. The third-order valence-electron chi connectivity index (χ3n) is 3.55. The first-order valence-corrected chi connectivity index (χ1v) is 6.46. The molecule has 19 heavy (non-hydrogen) atoms. The number of carbonyl (C=O) groups is 1. The van der Waals surface area contributed by atoms with Gasteiger partial charge in [0, 0.05) is 12.0 Å². The van der Waals surface area contributed by atoms with Crippen LogP contribution in [0.5, 0.6) is 0 Å². The molecule has 0 radical (unpaired) electrons. The SMILES string of the molecule is O=C(O)C1CCCOC1c1ccc2ccccc2n1. The lowest BCUT2D eigenvalue weighted by Gasteiger charge is -2.28. The molecule has 1 aromatic carbocycles. The summed E-state index contributed by atoms with van der Waals surface area (Å²) in [6, 6.07) is 11.6. The van der Waals surface area contributed by atoms with Crippen LogP contribution in [0.1, 0.15) is 24.6 Å². The summed E-state index contributed by atoms with van der Waals surface area (Å²) < 4.78 is 5.64. The lowest BCUT2D eigenvalue weighted by molar-refractivity contribution is -0.152. The Morgan fingerprint density at radius 2 is 2.11 bits per heavy atom. The van der Waals surface area contributed by atoms with Gasteiger partial charge in [-0.1, -0.05) is 24.3 Å². The zero-order valence-corrected chi connectivity index (χ0v) is 10.5. The van der Waals surface area contributed by atoms with Gasteiger partial charge in [0.25, 0.3) is 0 Å². The van der Waals surface area contributed by atoms with E-state index in [1.807, 2.05) is 36.4 Å². The molecule has 3 rings (SSSR count). The topological polar surface area (TPSA) is 59.4 Å². The number of carboxylic acids is 1. The maximum absolute atomic E-state index is 11.3. The van der Waals surface area contributed by atoms with Crippen LogP contribution in [0.3, 0.4) is 0 Å². The summed E-state index contributed by atoms with van der Waals surface area (Å²) in [6.45, 7) is 0.600. The predicted octanol–water partition coefficient (Wildman–Crippen LogP) is 2.79. The second kappa shape index (κ2) is 4.97. The van der Waals surface area contributed by atoms with Gasteiger partial charge < -0.3 is 9.84 Å². The van der Waals surface area contributed by atoms with Gasteiger partial charge in [0.05, 0.1) is 17.1 Å². The highest BCUT2D eigenvalue weighted by Crippen LogP contribution is 2.33. The van der Waals surface area contributed by atoms with E-state index in [4.69, 9.17) is 4.74 Å². The van der Waals surface area contributed by atoms with E-state index in [0.29, 0.717) is 18.7 Å². The first-order chi connectivity index (χ1) is 9.25. The third-order valence-corrected chi connectivity index (χ3v) is 3.55. The number of hydrogen-bond donors (Lipinski definition) is 1. The van der Waals surface area contributed by atoms with Crippen LogP contribution in [0.15, 0.2) is 36.4 Å². The molecule has 2 aromatic rings. The van der Waals surface area contributed by atoms with Crippen LogP contribution in [0, 0.1) is 5.92 Å². The number of carboxylic acid groups (broad SMARTS) is 1. The molecular weight excluding hydrogens is 242 g/mol. The molecule has 2 heterocycles. The summed E-state index contributed by atoms with van der Waals surface area (Å²) in [5.41, 5.74) is 1.59. The molecule has 1 aliphatic heterocycles. The fourth-order valence-corrected chi connectivity index (χ4v) is 2.57. The number of benzene rings is 1. The van der Waals surface area contributed by atoms with Gasteiger partial charge in [0.2, 0.25) is 0 Å². The number of para-hydroxylation sites is 1. The van der Waals surface area contributed by atoms with Gasteiger partial charge in [0.1, 0.15) is 6.10 Å². The molecule has 0 amide bonds. The van der Waals surface area contributed by atoms with Crippen molar-refractivity contribution in [2.45, 2.75) is 18.9 Å². The molecule has 1 fully saturated rings. The van der Waals surface area contributed by atoms with E-state index < -0.39 is 18.0 Å². The Morgan fingerprint density at radius 1 is 1.26 bits per heavy atom. The minimum absolute atomic E-state index is 0.434. The second-order valence-electron chi connectivity index (χ2n) is 4.81. The highest BCUT2D eigenvalue weighted by molar-refractivity contribution is 5.78. The molecule has 2 atom stereocenters. The molecule has 4 nitrogen and oxygen atoms in total. The van der Waals surface area contributed by atoms with Crippen molar-refractivity contribution in [3.8, 4) is 0 Å². The molecule has 0 spiro atoms. The van der Waals surface area contributed by atoms with E-state index in [2.05, 4.69) is 4.98 Å². The number of hydrogen-bond acceptors (Lipinski definition) is 3. The molecule has 1 aliphatic rings. The van der Waals surface area contributed by atoms with E-state index in [1.165, 1.54) is 0 Å². The Kier molecular flexibility index (Phi) is 3.17. The number of fused-ring (bicyclic) bond motifs is 1. The Bertz CT molecular complexity index is 611. The lowest BCUT2D eigenvalue weighted by Crippen LogP contribution is -2.29. The van der Waals surface area contributed by atoms with E-state index >= 15 is 0 Å². The van der Waals surface area contributed by atoms with Crippen molar-refractivity contribution in [3.63, 3.8) is 0 Å². The quantitative estimate of drug-likeness (QED) is 0.898. The van der Waals surface area contributed by atoms with Gasteiger partial charge in [0.15, 0.2) is 0 Å². The molecule has 0 aliphatic carbocycles. The Balaban J connectivity index is 1.99. The van der Waals surface area contributed by atoms with E-state index in [9.17, 15) is 9.90 Å². The second-order valence-corrected chi connectivity index (χ2v) is 4.81. The Labute approximate surface area is 111 Å². The smallest absolute Gasteiger partial charge is 0.309 e. The van der Waals surface area contributed by atoms with Gasteiger partial charge in [-0.3, -0.25) is 9.78 Å². The minimum Gasteiger partial charge on any atom is -0.481 e. The Hall–Kier alpha value is -1.94. The number of pyridine rings is 1. The van der Waals surface area contributed by atoms with Gasteiger partial charge >= 0.3 is 5.97 Å². The van der Waals surface area contributed by atoms with Gasteiger partial charge in [-0.15, -0.1) is 0 Å². The van der Waals surface area contributed by atoms with Crippen LogP contribution in [-0.4, -0.2) is 22.7 Å². The predicted molar refractivity (Wildman–Crippen MR) is 70.8 cm³/mol. The zero-order valence-electron chi connectivity index (χ0n) is 10.5. The average Bonchev–Trinajstić information content (AvgIpc) is 2.46. The van der Waals surface area contributed by atoms with Gasteiger partial charge in [-0.2, -0.15) is 0 Å². The van der Waals surface area contributed by atoms with Crippen molar-refractivity contribution in [2.24, 2.45) is 5.92 Å². The van der Waals surface area contributed by atoms with Crippen molar-refractivity contribution in [3.05, 3.63) is 42.1 Å². The number of rotatable bonds is 2. The van der Waals surface area contributed by atoms with E-state index in [0.717, 1.165) is 17.3 Å². The molecule has 0 bridgehead atoms. The van der Waals surface area contributed by atoms with Crippen LogP contribution >= 0.6 is 0 Å². The molecule has 1 N–H and O–H groups in total. The fourth-order valence-electron chi connectivity index (χ4n) is 2.57. The largest absolute Gasteiger partial charge is 0.481 e. The Morgan fingerprint density at radius 3 is 2.95 bits per heavy atom. The van der Waals surface area contributed by atoms with Gasteiger partial charge in [-0.25, -0.2) is 0 Å². The van der Waals surface area contributed by atoms with Crippen molar-refractivity contribution in [1.29, 1.82) is 0 Å².